The maximum atomic E-state index is 6.40. The summed E-state index contributed by atoms with van der Waals surface area (Å²) in [5, 5.41) is 0. The van der Waals surface area contributed by atoms with Crippen molar-refractivity contribution in [3.63, 3.8) is 0 Å². The summed E-state index contributed by atoms with van der Waals surface area (Å²) in [6.07, 6.45) is 2.63. The molecule has 1 fully saturated rings. The van der Waals surface area contributed by atoms with Crippen LogP contribution < -0.4 is 0 Å². The van der Waals surface area contributed by atoms with Crippen molar-refractivity contribution in [3.05, 3.63) is 0 Å². The summed E-state index contributed by atoms with van der Waals surface area (Å²) in [5.41, 5.74) is 0.466. The van der Waals surface area contributed by atoms with Gasteiger partial charge in [0.25, 0.3) is 0 Å². The fourth-order valence-corrected chi connectivity index (χ4v) is 6.55. The smallest absolute Gasteiger partial charge is 0.187 e. The molecule has 22 heavy (non-hydrogen) atoms. The molecule has 0 aromatic rings. The van der Waals surface area contributed by atoms with Gasteiger partial charge in [0.2, 0.25) is 0 Å². The molecule has 2 atom stereocenters. The van der Waals surface area contributed by atoms with Gasteiger partial charge in [0.1, 0.15) is 0 Å². The molecule has 0 N–H and O–H groups in total. The number of rotatable bonds is 8. The fourth-order valence-electron chi connectivity index (χ4n) is 3.17. The van der Waals surface area contributed by atoms with Crippen molar-refractivity contribution in [2.24, 2.45) is 0 Å². The quantitative estimate of drug-likeness (QED) is 0.632. The molecule has 0 amide bonds. The van der Waals surface area contributed by atoms with Crippen molar-refractivity contribution in [1.82, 2.24) is 4.90 Å². The van der Waals surface area contributed by atoms with Crippen LogP contribution in [0.4, 0.5) is 0 Å². The van der Waals surface area contributed by atoms with Crippen LogP contribution in [0.15, 0.2) is 0 Å². The zero-order valence-corrected chi connectivity index (χ0v) is 17.5. The van der Waals surface area contributed by atoms with Gasteiger partial charge in [-0.3, -0.25) is 0 Å². The van der Waals surface area contributed by atoms with Crippen LogP contribution >= 0.6 is 0 Å². The minimum atomic E-state index is -1.50. The lowest BCUT2D eigenvalue weighted by Gasteiger charge is -2.37. The third-order valence-corrected chi connectivity index (χ3v) is 8.54. The maximum Gasteiger partial charge on any atom is 0.187 e. The molecule has 1 heterocycles. The molecule has 4 nitrogen and oxygen atoms in total. The standard InChI is InChI=1S/C16H36NO3Si2/c1-7-19-16(21(3)4)9-11-17-10-8-12-22(5,6)20-15(13-17)14-18-2/h15-16H,7-14H2,1-6H3. The Morgan fingerprint density at radius 2 is 2.09 bits per heavy atom. The molecule has 0 aromatic carbocycles. The molecule has 6 heteroatoms. The molecule has 0 bridgehead atoms. The van der Waals surface area contributed by atoms with Crippen LogP contribution in [0.3, 0.4) is 0 Å². The van der Waals surface area contributed by atoms with Crippen LogP contribution in [-0.2, 0) is 13.9 Å². The molecule has 1 saturated heterocycles. The third-order valence-electron chi connectivity index (χ3n) is 4.27. The summed E-state index contributed by atoms with van der Waals surface area (Å²) >= 11 is 0. The fraction of sp³-hybridized carbons (Fsp3) is 1.00. The van der Waals surface area contributed by atoms with E-state index in [1.165, 1.54) is 19.0 Å². The highest BCUT2D eigenvalue weighted by Crippen LogP contribution is 2.21. The first kappa shape index (κ1) is 20.3. The van der Waals surface area contributed by atoms with Gasteiger partial charge in [0.05, 0.1) is 21.5 Å². The van der Waals surface area contributed by atoms with Gasteiger partial charge in [-0.15, -0.1) is 0 Å². The van der Waals surface area contributed by atoms with Gasteiger partial charge < -0.3 is 18.8 Å². The van der Waals surface area contributed by atoms with E-state index in [0.29, 0.717) is 12.3 Å². The Kier molecular flexibility index (Phi) is 9.42. The third kappa shape index (κ3) is 7.70. The van der Waals surface area contributed by atoms with Crippen LogP contribution in [-0.4, -0.2) is 73.8 Å². The second kappa shape index (κ2) is 10.2. The number of nitrogens with zero attached hydrogens (tertiary/aromatic N) is 1. The van der Waals surface area contributed by atoms with Gasteiger partial charge in [-0.1, -0.05) is 13.1 Å². The first-order chi connectivity index (χ1) is 10.4. The highest BCUT2D eigenvalue weighted by atomic mass is 28.4. The normalized spacial score (nSPS) is 25.0. The van der Waals surface area contributed by atoms with Crippen LogP contribution in [0.1, 0.15) is 19.8 Å². The van der Waals surface area contributed by atoms with Crippen molar-refractivity contribution in [2.45, 2.75) is 63.8 Å². The lowest BCUT2D eigenvalue weighted by atomic mass is 10.3. The minimum Gasteiger partial charge on any atom is -0.411 e. The topological polar surface area (TPSA) is 30.9 Å². The molecule has 0 spiro atoms. The monoisotopic (exact) mass is 346 g/mol. The number of hydrogen-bond acceptors (Lipinski definition) is 4. The van der Waals surface area contributed by atoms with Crippen LogP contribution in [0.2, 0.25) is 32.2 Å². The molecular formula is C16H36NO3Si2. The maximum absolute atomic E-state index is 6.40. The van der Waals surface area contributed by atoms with E-state index in [9.17, 15) is 0 Å². The Bertz CT molecular complexity index is 303. The van der Waals surface area contributed by atoms with Crippen molar-refractivity contribution in [1.29, 1.82) is 0 Å². The van der Waals surface area contributed by atoms with Crippen LogP contribution in [0.25, 0.3) is 0 Å². The predicted octanol–water partition coefficient (Wildman–Crippen LogP) is 3.02. The van der Waals surface area contributed by atoms with Gasteiger partial charge in [0, 0.05) is 32.5 Å². The summed E-state index contributed by atoms with van der Waals surface area (Å²) in [6, 6.07) is 1.25. The van der Waals surface area contributed by atoms with E-state index in [1.54, 1.807) is 7.11 Å². The Hall–Kier alpha value is 0.274. The summed E-state index contributed by atoms with van der Waals surface area (Å²) in [6.45, 7) is 16.3. The van der Waals surface area contributed by atoms with Gasteiger partial charge in [-0.2, -0.15) is 0 Å². The second-order valence-corrected chi connectivity index (χ2v) is 14.2. The van der Waals surface area contributed by atoms with E-state index < -0.39 is 17.1 Å². The molecule has 131 valence electrons. The average Bonchev–Trinajstić information content (AvgIpc) is 2.40. The van der Waals surface area contributed by atoms with Crippen molar-refractivity contribution in [2.75, 3.05) is 40.0 Å². The highest BCUT2D eigenvalue weighted by Gasteiger charge is 2.30. The molecule has 0 saturated carbocycles. The first-order valence-corrected chi connectivity index (χ1v) is 14.4. The summed E-state index contributed by atoms with van der Waals surface area (Å²) in [5.74, 6) is 0. The van der Waals surface area contributed by atoms with Gasteiger partial charge >= 0.3 is 0 Å². The number of ether oxygens (including phenoxy) is 2. The highest BCUT2D eigenvalue weighted by molar-refractivity contribution is 6.71. The van der Waals surface area contributed by atoms with Gasteiger partial charge in [-0.25, -0.2) is 0 Å². The summed E-state index contributed by atoms with van der Waals surface area (Å²) in [4.78, 5) is 2.56. The summed E-state index contributed by atoms with van der Waals surface area (Å²) < 4.78 is 17.7. The lowest BCUT2D eigenvalue weighted by molar-refractivity contribution is 0.0366. The molecule has 2 unspecified atom stereocenters. The second-order valence-electron chi connectivity index (χ2n) is 7.17. The van der Waals surface area contributed by atoms with Crippen molar-refractivity contribution in [3.8, 4) is 0 Å². The molecule has 1 rings (SSSR count). The SMILES string of the molecule is CCOC(CCN1CCC[Si](C)(C)OC(COC)C1)[Si](C)C. The summed E-state index contributed by atoms with van der Waals surface area (Å²) in [7, 11) is -0.123. The Balaban J connectivity index is 2.54. The van der Waals surface area contributed by atoms with Crippen LogP contribution in [0.5, 0.6) is 0 Å². The molecule has 1 aliphatic rings. The van der Waals surface area contributed by atoms with E-state index in [-0.39, 0.29) is 6.10 Å². The largest absolute Gasteiger partial charge is 0.411 e. The zero-order chi connectivity index (χ0) is 16.6. The van der Waals surface area contributed by atoms with E-state index in [4.69, 9.17) is 13.9 Å². The molecule has 0 aliphatic carbocycles. The Morgan fingerprint density at radius 1 is 1.36 bits per heavy atom. The predicted molar refractivity (Wildman–Crippen MR) is 97.6 cm³/mol. The van der Waals surface area contributed by atoms with E-state index in [0.717, 1.165) is 26.1 Å². The van der Waals surface area contributed by atoms with E-state index in [1.807, 2.05) is 0 Å². The van der Waals surface area contributed by atoms with Crippen molar-refractivity contribution >= 4 is 17.1 Å². The van der Waals surface area contributed by atoms with E-state index in [2.05, 4.69) is 38.0 Å². The Labute approximate surface area is 140 Å². The molecule has 0 aromatic heterocycles. The zero-order valence-electron chi connectivity index (χ0n) is 15.5. The Morgan fingerprint density at radius 3 is 2.68 bits per heavy atom. The minimum absolute atomic E-state index is 0.227. The van der Waals surface area contributed by atoms with Crippen molar-refractivity contribution < 1.29 is 13.9 Å². The number of methoxy groups -OCH3 is 1. The van der Waals surface area contributed by atoms with Gasteiger partial charge in [-0.05, 0) is 45.4 Å². The molecule has 1 aliphatic heterocycles. The van der Waals surface area contributed by atoms with E-state index >= 15 is 0 Å². The van der Waals surface area contributed by atoms with Gasteiger partial charge in [0.15, 0.2) is 8.32 Å². The first-order valence-electron chi connectivity index (χ1n) is 8.68. The average molecular weight is 347 g/mol. The molecular weight excluding hydrogens is 310 g/mol. The number of hydrogen-bond donors (Lipinski definition) is 0. The lowest BCUT2D eigenvalue weighted by Crippen LogP contribution is -2.47. The molecule has 1 radical (unpaired) electrons. The van der Waals surface area contributed by atoms with Crippen LogP contribution in [0, 0.1) is 0 Å².